The first-order chi connectivity index (χ1) is 13.0. The fraction of sp³-hybridized carbons (Fsp3) is 0.0526. The SMILES string of the molecule is O=[N+]([O-])c1ccc(Cn2c(O)c(C=C3C=Nc4ccccc43)[nH]c2=S)cc1. The lowest BCUT2D eigenvalue weighted by Crippen LogP contribution is -1.99. The van der Waals surface area contributed by atoms with Crippen LogP contribution in [0.4, 0.5) is 11.4 Å². The molecule has 0 unspecified atom stereocenters. The molecule has 2 aromatic carbocycles. The van der Waals surface area contributed by atoms with Gasteiger partial charge in [-0.2, -0.15) is 0 Å². The van der Waals surface area contributed by atoms with Gasteiger partial charge in [0.2, 0.25) is 5.88 Å². The van der Waals surface area contributed by atoms with Crippen LogP contribution in [-0.4, -0.2) is 25.8 Å². The Morgan fingerprint density at radius 2 is 1.96 bits per heavy atom. The highest BCUT2D eigenvalue weighted by molar-refractivity contribution is 7.71. The summed E-state index contributed by atoms with van der Waals surface area (Å²) in [7, 11) is 0. The normalized spacial score (nSPS) is 13.9. The van der Waals surface area contributed by atoms with Gasteiger partial charge in [-0.3, -0.25) is 19.7 Å². The van der Waals surface area contributed by atoms with Crippen molar-refractivity contribution < 1.29 is 10.0 Å². The molecule has 0 radical (unpaired) electrons. The zero-order valence-corrected chi connectivity index (χ0v) is 14.8. The molecule has 7 nitrogen and oxygen atoms in total. The van der Waals surface area contributed by atoms with Crippen LogP contribution >= 0.6 is 12.2 Å². The third-order valence-corrected chi connectivity index (χ3v) is 4.65. The number of nitro benzene ring substituents is 1. The number of non-ortho nitro benzene ring substituents is 1. The summed E-state index contributed by atoms with van der Waals surface area (Å²) in [6, 6.07) is 13.9. The Bertz CT molecular complexity index is 1160. The molecule has 1 aliphatic rings. The van der Waals surface area contributed by atoms with Crippen LogP contribution in [-0.2, 0) is 6.54 Å². The van der Waals surface area contributed by atoms with Crippen molar-refractivity contribution in [3.05, 3.63) is 80.2 Å². The Hall–Kier alpha value is -3.52. The molecule has 134 valence electrons. The zero-order chi connectivity index (χ0) is 19.0. The summed E-state index contributed by atoms with van der Waals surface area (Å²) < 4.78 is 1.90. The molecular weight excluding hydrogens is 364 g/mol. The van der Waals surface area contributed by atoms with E-state index in [0.29, 0.717) is 17.0 Å². The van der Waals surface area contributed by atoms with E-state index >= 15 is 0 Å². The monoisotopic (exact) mass is 378 g/mol. The van der Waals surface area contributed by atoms with Crippen LogP contribution in [0.5, 0.6) is 5.88 Å². The molecule has 0 fully saturated rings. The van der Waals surface area contributed by atoms with Crippen LogP contribution in [0.15, 0.2) is 53.5 Å². The highest BCUT2D eigenvalue weighted by atomic mass is 32.1. The van der Waals surface area contributed by atoms with E-state index in [4.69, 9.17) is 12.2 Å². The fourth-order valence-electron chi connectivity index (χ4n) is 2.94. The van der Waals surface area contributed by atoms with E-state index in [-0.39, 0.29) is 11.6 Å². The molecule has 0 atom stereocenters. The number of benzene rings is 2. The van der Waals surface area contributed by atoms with Gasteiger partial charge >= 0.3 is 0 Å². The predicted molar refractivity (Wildman–Crippen MR) is 106 cm³/mol. The second kappa shape index (κ2) is 6.65. The molecule has 1 aromatic heterocycles. The number of H-pyrrole nitrogens is 1. The van der Waals surface area contributed by atoms with E-state index in [0.717, 1.165) is 22.4 Å². The Kier molecular flexibility index (Phi) is 4.17. The van der Waals surface area contributed by atoms with Gasteiger partial charge in [0, 0.05) is 29.5 Å². The van der Waals surface area contributed by atoms with Gasteiger partial charge in [0.15, 0.2) is 4.77 Å². The Morgan fingerprint density at radius 1 is 1.22 bits per heavy atom. The van der Waals surface area contributed by atoms with Gasteiger partial charge < -0.3 is 10.1 Å². The van der Waals surface area contributed by atoms with Gasteiger partial charge in [0.05, 0.1) is 17.2 Å². The van der Waals surface area contributed by atoms with E-state index in [2.05, 4.69) is 9.98 Å². The number of nitro groups is 1. The maximum absolute atomic E-state index is 10.8. The highest BCUT2D eigenvalue weighted by Crippen LogP contribution is 2.33. The summed E-state index contributed by atoms with van der Waals surface area (Å²) in [5.41, 5.74) is 4.04. The highest BCUT2D eigenvalue weighted by Gasteiger charge is 2.15. The lowest BCUT2D eigenvalue weighted by molar-refractivity contribution is -0.384. The molecule has 1 aliphatic heterocycles. The maximum atomic E-state index is 10.8. The van der Waals surface area contributed by atoms with Crippen molar-refractivity contribution in [2.24, 2.45) is 4.99 Å². The van der Waals surface area contributed by atoms with Gasteiger partial charge in [0.25, 0.3) is 5.69 Å². The molecule has 0 saturated carbocycles. The summed E-state index contributed by atoms with van der Waals surface area (Å²) >= 11 is 5.32. The zero-order valence-electron chi connectivity index (χ0n) is 14.0. The number of rotatable bonds is 4. The van der Waals surface area contributed by atoms with Gasteiger partial charge in [-0.1, -0.05) is 30.3 Å². The van der Waals surface area contributed by atoms with E-state index in [1.807, 2.05) is 24.3 Å². The molecule has 2 N–H and O–H groups in total. The maximum Gasteiger partial charge on any atom is 0.269 e. The first kappa shape index (κ1) is 16.9. The van der Waals surface area contributed by atoms with Gasteiger partial charge in [0.1, 0.15) is 5.69 Å². The molecule has 4 rings (SSSR count). The summed E-state index contributed by atoms with van der Waals surface area (Å²) in [6.07, 6.45) is 3.54. The van der Waals surface area contributed by atoms with Crippen LogP contribution < -0.4 is 0 Å². The molecule has 3 aromatic rings. The van der Waals surface area contributed by atoms with Gasteiger partial charge in [-0.15, -0.1) is 0 Å². The van der Waals surface area contributed by atoms with Crippen molar-refractivity contribution in [1.82, 2.24) is 9.55 Å². The fourth-order valence-corrected chi connectivity index (χ4v) is 3.20. The number of allylic oxidation sites excluding steroid dienone is 1. The summed E-state index contributed by atoms with van der Waals surface area (Å²) in [5.74, 6) is 0.00336. The van der Waals surface area contributed by atoms with Gasteiger partial charge in [-0.25, -0.2) is 0 Å². The van der Waals surface area contributed by atoms with Crippen LogP contribution in [0.2, 0.25) is 0 Å². The number of fused-ring (bicyclic) bond motifs is 1. The van der Waals surface area contributed by atoms with Crippen LogP contribution in [0.3, 0.4) is 0 Å². The van der Waals surface area contributed by atoms with Crippen molar-refractivity contribution in [2.75, 3.05) is 0 Å². The standard InChI is InChI=1S/C19H14N4O3S/c24-18-17(9-13-10-20-16-4-2-1-3-15(13)16)21-19(27)22(18)11-12-5-7-14(8-6-12)23(25)26/h1-10,24H,11H2,(H,21,27). The number of aromatic nitrogens is 2. The van der Waals surface area contributed by atoms with Crippen LogP contribution in [0, 0.1) is 14.9 Å². The summed E-state index contributed by atoms with van der Waals surface area (Å²) in [4.78, 5) is 17.7. The lowest BCUT2D eigenvalue weighted by atomic mass is 10.1. The van der Waals surface area contributed by atoms with E-state index < -0.39 is 4.92 Å². The molecule has 0 aliphatic carbocycles. The molecule has 2 heterocycles. The third kappa shape index (κ3) is 3.18. The smallest absolute Gasteiger partial charge is 0.269 e. The van der Waals surface area contributed by atoms with E-state index in [1.165, 1.54) is 12.1 Å². The number of aromatic amines is 1. The predicted octanol–water partition coefficient (Wildman–Crippen LogP) is 4.46. The lowest BCUT2D eigenvalue weighted by Gasteiger charge is -2.05. The van der Waals surface area contributed by atoms with Crippen molar-refractivity contribution in [3.63, 3.8) is 0 Å². The van der Waals surface area contributed by atoms with Crippen LogP contribution in [0.1, 0.15) is 16.8 Å². The number of para-hydroxylation sites is 1. The van der Waals surface area contributed by atoms with Crippen molar-refractivity contribution >= 4 is 41.5 Å². The second-order valence-electron chi connectivity index (χ2n) is 6.05. The van der Waals surface area contributed by atoms with Crippen molar-refractivity contribution in [1.29, 1.82) is 0 Å². The Balaban J connectivity index is 1.65. The quantitative estimate of drug-likeness (QED) is 0.398. The Labute approximate surface area is 159 Å². The number of nitrogens with zero attached hydrogens (tertiary/aromatic N) is 3. The first-order valence-electron chi connectivity index (χ1n) is 8.13. The summed E-state index contributed by atoms with van der Waals surface area (Å²) in [6.45, 7) is 0.299. The topological polar surface area (TPSA) is 96.4 Å². The molecule has 0 bridgehead atoms. The summed E-state index contributed by atoms with van der Waals surface area (Å²) in [5, 5.41) is 21.3. The van der Waals surface area contributed by atoms with Crippen molar-refractivity contribution in [2.45, 2.75) is 6.54 Å². The second-order valence-corrected chi connectivity index (χ2v) is 6.44. The minimum Gasteiger partial charge on any atom is -0.493 e. The molecule has 8 heteroatoms. The average Bonchev–Trinajstić information content (AvgIpc) is 3.19. The first-order valence-corrected chi connectivity index (χ1v) is 8.54. The van der Waals surface area contributed by atoms with E-state index in [1.54, 1.807) is 29.0 Å². The van der Waals surface area contributed by atoms with Crippen molar-refractivity contribution in [3.8, 4) is 5.88 Å². The number of aromatic hydroxyl groups is 1. The number of imidazole rings is 1. The number of aliphatic imine (C=N–C) groups is 1. The number of nitrogens with one attached hydrogen (secondary N) is 1. The molecular formula is C19H14N4O3S. The van der Waals surface area contributed by atoms with E-state index in [9.17, 15) is 15.2 Å². The molecule has 0 saturated heterocycles. The number of hydrogen-bond acceptors (Lipinski definition) is 5. The minimum atomic E-state index is -0.450. The molecule has 27 heavy (non-hydrogen) atoms. The molecule has 0 spiro atoms. The minimum absolute atomic E-state index is 0.00336. The third-order valence-electron chi connectivity index (χ3n) is 4.33. The number of hydrogen-bond donors (Lipinski definition) is 2. The van der Waals surface area contributed by atoms with Crippen LogP contribution in [0.25, 0.3) is 11.6 Å². The van der Waals surface area contributed by atoms with Gasteiger partial charge in [-0.05, 0) is 29.9 Å². The molecule has 0 amide bonds. The Morgan fingerprint density at radius 3 is 2.70 bits per heavy atom. The largest absolute Gasteiger partial charge is 0.493 e. The average molecular weight is 378 g/mol.